The third kappa shape index (κ3) is 4.40. The van der Waals surface area contributed by atoms with E-state index in [2.05, 4.69) is 22.0 Å². The van der Waals surface area contributed by atoms with Crippen LogP contribution in [0.2, 0.25) is 0 Å². The molecule has 2 heterocycles. The van der Waals surface area contributed by atoms with E-state index >= 15 is 0 Å². The van der Waals surface area contributed by atoms with Crippen molar-refractivity contribution < 1.29 is 13.2 Å². The fourth-order valence-electron chi connectivity index (χ4n) is 4.33. The van der Waals surface area contributed by atoms with E-state index in [9.17, 15) is 13.2 Å². The van der Waals surface area contributed by atoms with Gasteiger partial charge >= 0.3 is 0 Å². The van der Waals surface area contributed by atoms with Gasteiger partial charge < -0.3 is 4.90 Å². The van der Waals surface area contributed by atoms with Crippen LogP contribution in [0.25, 0.3) is 0 Å². The average Bonchev–Trinajstić information content (AvgIpc) is 3.12. The van der Waals surface area contributed by atoms with Crippen LogP contribution >= 0.6 is 11.8 Å². The van der Waals surface area contributed by atoms with Crippen LogP contribution in [-0.4, -0.2) is 53.7 Å². The Bertz CT molecular complexity index is 817. The maximum atomic E-state index is 12.7. The van der Waals surface area contributed by atoms with Gasteiger partial charge in [0, 0.05) is 17.7 Å². The first-order valence-electron chi connectivity index (χ1n) is 9.82. The minimum atomic E-state index is -3.00. The van der Waals surface area contributed by atoms with Crippen LogP contribution in [0.4, 0.5) is 0 Å². The highest BCUT2D eigenvalue weighted by Crippen LogP contribution is 2.38. The summed E-state index contributed by atoms with van der Waals surface area (Å²) >= 11 is 1.50. The molecule has 2 saturated heterocycles. The van der Waals surface area contributed by atoms with Gasteiger partial charge in [0.2, 0.25) is 0 Å². The molecule has 0 radical (unpaired) electrons. The number of amides is 1. The highest BCUT2D eigenvalue weighted by atomic mass is 32.2. The average molecular weight is 407 g/mol. The third-order valence-corrected chi connectivity index (χ3v) is 9.07. The molecule has 0 aromatic heterocycles. The van der Waals surface area contributed by atoms with E-state index in [0.717, 1.165) is 37.3 Å². The molecule has 1 aliphatic carbocycles. The van der Waals surface area contributed by atoms with Crippen LogP contribution in [0.5, 0.6) is 0 Å². The van der Waals surface area contributed by atoms with Gasteiger partial charge in [-0.2, -0.15) is 4.99 Å². The van der Waals surface area contributed by atoms with Gasteiger partial charge in [-0.05, 0) is 24.8 Å². The molecule has 1 aromatic carbocycles. The number of fused-ring (bicyclic) bond motifs is 1. The summed E-state index contributed by atoms with van der Waals surface area (Å²) in [7, 11) is -3.00. The molecule has 1 aromatic rings. The molecule has 27 heavy (non-hydrogen) atoms. The summed E-state index contributed by atoms with van der Waals surface area (Å²) in [5, 5.41) is 0.745. The van der Waals surface area contributed by atoms with E-state index in [1.807, 2.05) is 18.2 Å². The smallest absolute Gasteiger partial charge is 0.251 e. The summed E-state index contributed by atoms with van der Waals surface area (Å²) in [6.45, 7) is 0.699. The molecular weight excluding hydrogens is 380 g/mol. The largest absolute Gasteiger partial charge is 0.346 e. The zero-order valence-corrected chi connectivity index (χ0v) is 17.1. The summed E-state index contributed by atoms with van der Waals surface area (Å²) < 4.78 is 24.2. The zero-order chi connectivity index (χ0) is 18.9. The molecule has 146 valence electrons. The van der Waals surface area contributed by atoms with E-state index in [-0.39, 0.29) is 34.6 Å². The van der Waals surface area contributed by atoms with Crippen molar-refractivity contribution in [3.05, 3.63) is 35.9 Å². The van der Waals surface area contributed by atoms with Crippen molar-refractivity contribution in [2.75, 3.05) is 18.1 Å². The predicted molar refractivity (Wildman–Crippen MR) is 110 cm³/mol. The van der Waals surface area contributed by atoms with E-state index < -0.39 is 9.84 Å². The van der Waals surface area contributed by atoms with Gasteiger partial charge in [-0.1, -0.05) is 61.4 Å². The Kier molecular flexibility index (Phi) is 5.60. The molecule has 2 aliphatic heterocycles. The van der Waals surface area contributed by atoms with E-state index in [1.165, 1.54) is 23.7 Å². The molecular formula is C20H26N2O3S2. The summed E-state index contributed by atoms with van der Waals surface area (Å²) in [5.41, 5.74) is 1.21. The van der Waals surface area contributed by atoms with Crippen LogP contribution in [0.3, 0.4) is 0 Å². The van der Waals surface area contributed by atoms with Crippen LogP contribution in [0, 0.1) is 5.92 Å². The van der Waals surface area contributed by atoms with Gasteiger partial charge in [-0.15, -0.1) is 0 Å². The normalized spacial score (nSPS) is 29.2. The number of hydrogen-bond acceptors (Lipinski definition) is 4. The first-order valence-corrected chi connectivity index (χ1v) is 12.5. The maximum absolute atomic E-state index is 12.7. The minimum Gasteiger partial charge on any atom is -0.346 e. The molecule has 0 unspecified atom stereocenters. The molecule has 3 aliphatic rings. The lowest BCUT2D eigenvalue weighted by atomic mass is 9.89. The Morgan fingerprint density at radius 3 is 2.59 bits per heavy atom. The summed E-state index contributed by atoms with van der Waals surface area (Å²) in [4.78, 5) is 19.3. The number of carbonyl (C=O) groups excluding carboxylic acids is 1. The predicted octanol–water partition coefficient (Wildman–Crippen LogP) is 2.91. The Morgan fingerprint density at radius 2 is 1.85 bits per heavy atom. The lowest BCUT2D eigenvalue weighted by Gasteiger charge is -2.25. The molecule has 7 heteroatoms. The molecule has 0 N–H and O–H groups in total. The molecule has 2 atom stereocenters. The van der Waals surface area contributed by atoms with E-state index in [0.29, 0.717) is 6.54 Å². The Hall–Kier alpha value is -1.34. The summed E-state index contributed by atoms with van der Waals surface area (Å²) in [5.74, 6) is 0.411. The lowest BCUT2D eigenvalue weighted by molar-refractivity contribution is -0.122. The number of amidine groups is 1. The topological polar surface area (TPSA) is 66.8 Å². The lowest BCUT2D eigenvalue weighted by Crippen LogP contribution is -2.39. The van der Waals surface area contributed by atoms with Crippen molar-refractivity contribution in [1.29, 1.82) is 0 Å². The Labute approximate surface area is 165 Å². The van der Waals surface area contributed by atoms with Crippen LogP contribution in [0.15, 0.2) is 35.3 Å². The molecule has 4 rings (SSSR count). The molecule has 1 amide bonds. The first-order chi connectivity index (χ1) is 13.0. The second kappa shape index (κ2) is 7.95. The zero-order valence-electron chi connectivity index (χ0n) is 15.4. The Balaban J connectivity index is 1.52. The minimum absolute atomic E-state index is 0.00341. The fourth-order valence-corrected chi connectivity index (χ4v) is 8.31. The quantitative estimate of drug-likeness (QED) is 0.769. The maximum Gasteiger partial charge on any atom is 0.251 e. The fraction of sp³-hybridized carbons (Fsp3) is 0.600. The van der Waals surface area contributed by atoms with Crippen molar-refractivity contribution >= 4 is 32.7 Å². The van der Waals surface area contributed by atoms with Crippen molar-refractivity contribution in [2.24, 2.45) is 10.9 Å². The third-order valence-electron chi connectivity index (χ3n) is 5.82. The van der Waals surface area contributed by atoms with Crippen LogP contribution < -0.4 is 0 Å². The summed E-state index contributed by atoms with van der Waals surface area (Å²) in [6, 6.07) is 10.1. The van der Waals surface area contributed by atoms with Crippen LogP contribution in [-0.2, 0) is 21.1 Å². The number of sulfone groups is 1. The molecule has 5 nitrogen and oxygen atoms in total. The van der Waals surface area contributed by atoms with Crippen molar-refractivity contribution in [1.82, 2.24) is 4.90 Å². The molecule has 1 saturated carbocycles. The monoisotopic (exact) mass is 406 g/mol. The number of hydrogen-bond donors (Lipinski definition) is 0. The Morgan fingerprint density at radius 1 is 1.11 bits per heavy atom. The number of aliphatic imine (C=N–C) groups is 1. The second-order valence-electron chi connectivity index (χ2n) is 7.80. The van der Waals surface area contributed by atoms with E-state index in [4.69, 9.17) is 0 Å². The van der Waals surface area contributed by atoms with Gasteiger partial charge in [0.25, 0.3) is 5.91 Å². The number of rotatable bonds is 4. The van der Waals surface area contributed by atoms with Gasteiger partial charge in [-0.3, -0.25) is 4.79 Å². The van der Waals surface area contributed by atoms with E-state index in [1.54, 1.807) is 0 Å². The SMILES string of the molecule is O=C(N=C1S[C@H]2CS(=O)(=O)C[C@H]2N1CCc1ccccc1)C1CCCCC1. The molecule has 0 bridgehead atoms. The highest BCUT2D eigenvalue weighted by Gasteiger charge is 2.48. The second-order valence-corrected chi connectivity index (χ2v) is 11.2. The highest BCUT2D eigenvalue weighted by molar-refractivity contribution is 8.15. The molecule has 3 fully saturated rings. The van der Waals surface area contributed by atoms with Crippen LogP contribution in [0.1, 0.15) is 37.7 Å². The summed E-state index contributed by atoms with van der Waals surface area (Å²) in [6.07, 6.45) is 6.11. The van der Waals surface area contributed by atoms with Crippen molar-refractivity contribution in [2.45, 2.75) is 49.8 Å². The molecule has 0 spiro atoms. The number of benzene rings is 1. The number of carbonyl (C=O) groups is 1. The number of thioether (sulfide) groups is 1. The van der Waals surface area contributed by atoms with Gasteiger partial charge in [0.15, 0.2) is 15.0 Å². The van der Waals surface area contributed by atoms with Crippen molar-refractivity contribution in [3.63, 3.8) is 0 Å². The van der Waals surface area contributed by atoms with Gasteiger partial charge in [0.05, 0.1) is 17.5 Å². The number of nitrogens with zero attached hydrogens (tertiary/aromatic N) is 2. The standard InChI is InChI=1S/C20H26N2O3S2/c23-19(16-9-5-2-6-10-16)21-20-22(12-11-15-7-3-1-4-8-15)17-13-27(24,25)14-18(17)26-20/h1,3-4,7-8,16-18H,2,5-6,9-14H2/t17-,18+/m1/s1. The van der Waals surface area contributed by atoms with Crippen molar-refractivity contribution in [3.8, 4) is 0 Å². The van der Waals surface area contributed by atoms with Gasteiger partial charge in [-0.25, -0.2) is 8.42 Å². The van der Waals surface area contributed by atoms with Gasteiger partial charge in [0.1, 0.15) is 0 Å². The first kappa shape index (κ1) is 19.0.